The Morgan fingerprint density at radius 2 is 2.08 bits per heavy atom. The summed E-state index contributed by atoms with van der Waals surface area (Å²) in [5.74, 6) is 0.479. The number of nitrogens with one attached hydrogen (secondary N) is 1. The molecule has 0 atom stereocenters. The van der Waals surface area contributed by atoms with Gasteiger partial charge in [-0.05, 0) is 22.4 Å². The second-order valence-corrected chi connectivity index (χ2v) is 7.93. The molecule has 6 nitrogen and oxygen atoms in total. The molecular formula is C17H20NO5S2-. The van der Waals surface area contributed by atoms with E-state index in [9.17, 15) is 9.59 Å². The van der Waals surface area contributed by atoms with Gasteiger partial charge >= 0.3 is 5.97 Å². The molecule has 0 saturated heterocycles. The lowest BCUT2D eigenvalue weighted by atomic mass is 10.1. The van der Waals surface area contributed by atoms with Gasteiger partial charge in [-0.3, -0.25) is 4.79 Å². The van der Waals surface area contributed by atoms with E-state index in [-0.39, 0.29) is 12.5 Å². The van der Waals surface area contributed by atoms with Gasteiger partial charge in [0.05, 0.1) is 14.2 Å². The molecular weight excluding hydrogens is 362 g/mol. The van der Waals surface area contributed by atoms with Crippen molar-refractivity contribution < 1.29 is 23.8 Å². The molecule has 1 amide bonds. The SMILES string of the molecule is COC(=O)COc1c(CCC(C)=[S-]2=CC(=O)NC2=S)cccc1OC. The van der Waals surface area contributed by atoms with E-state index in [4.69, 9.17) is 21.7 Å². The van der Waals surface area contributed by atoms with Crippen LogP contribution in [-0.4, -0.2) is 47.3 Å². The van der Waals surface area contributed by atoms with Gasteiger partial charge in [0.25, 0.3) is 0 Å². The van der Waals surface area contributed by atoms with E-state index in [0.717, 1.165) is 16.8 Å². The summed E-state index contributed by atoms with van der Waals surface area (Å²) in [7, 11) is 2.43. The molecule has 25 heavy (non-hydrogen) atoms. The van der Waals surface area contributed by atoms with E-state index in [2.05, 4.69) is 10.1 Å². The topological polar surface area (TPSA) is 73.9 Å². The Hall–Kier alpha value is -2.06. The lowest BCUT2D eigenvalue weighted by Gasteiger charge is -2.17. The third kappa shape index (κ3) is 4.96. The number of carbonyl (C=O) groups is 2. The van der Waals surface area contributed by atoms with Crippen LogP contribution in [0.2, 0.25) is 0 Å². The van der Waals surface area contributed by atoms with Crippen molar-refractivity contribution in [3.05, 3.63) is 23.8 Å². The van der Waals surface area contributed by atoms with Gasteiger partial charge in [-0.25, -0.2) is 4.79 Å². The van der Waals surface area contributed by atoms with Crippen LogP contribution in [0.15, 0.2) is 18.2 Å². The molecule has 0 fully saturated rings. The zero-order valence-electron chi connectivity index (χ0n) is 14.3. The van der Waals surface area contributed by atoms with Gasteiger partial charge in [-0.15, -0.1) is 5.37 Å². The van der Waals surface area contributed by atoms with Crippen LogP contribution in [0, 0.1) is 0 Å². The molecule has 0 aromatic heterocycles. The average Bonchev–Trinajstić information content (AvgIpc) is 2.95. The van der Waals surface area contributed by atoms with Crippen molar-refractivity contribution >= 4 is 48.7 Å². The Balaban J connectivity index is 2.20. The summed E-state index contributed by atoms with van der Waals surface area (Å²) in [5.41, 5.74) is 0.913. The molecule has 0 bridgehead atoms. The molecule has 0 aliphatic carbocycles. The van der Waals surface area contributed by atoms with Crippen molar-refractivity contribution in [2.45, 2.75) is 19.8 Å². The number of hydrogen-bond donors (Lipinski definition) is 1. The number of rotatable bonds is 7. The number of aryl methyl sites for hydroxylation is 1. The highest BCUT2D eigenvalue weighted by atomic mass is 32.2. The molecule has 1 aromatic carbocycles. The van der Waals surface area contributed by atoms with Crippen LogP contribution in [0.3, 0.4) is 0 Å². The lowest BCUT2D eigenvalue weighted by Crippen LogP contribution is -2.21. The summed E-state index contributed by atoms with van der Waals surface area (Å²) < 4.78 is 16.1. The Bertz CT molecular complexity index is 794. The Morgan fingerprint density at radius 1 is 1.32 bits per heavy atom. The fourth-order valence-corrected chi connectivity index (χ4v) is 4.40. The molecule has 0 radical (unpaired) electrons. The zero-order chi connectivity index (χ0) is 18.4. The minimum atomic E-state index is -0.462. The van der Waals surface area contributed by atoms with Crippen molar-refractivity contribution in [3.63, 3.8) is 0 Å². The first-order valence-electron chi connectivity index (χ1n) is 7.57. The molecule has 136 valence electrons. The zero-order valence-corrected chi connectivity index (χ0v) is 15.9. The number of ether oxygens (including phenoxy) is 3. The van der Waals surface area contributed by atoms with E-state index < -0.39 is 16.0 Å². The van der Waals surface area contributed by atoms with Crippen LogP contribution in [0.5, 0.6) is 11.5 Å². The summed E-state index contributed by atoms with van der Waals surface area (Å²) in [5, 5.41) is 4.27. The number of thiocarbonyl (C=S) groups is 1. The summed E-state index contributed by atoms with van der Waals surface area (Å²) in [6.07, 6.45) is 1.41. The van der Waals surface area contributed by atoms with E-state index in [0.29, 0.717) is 22.2 Å². The summed E-state index contributed by atoms with van der Waals surface area (Å²) >= 11 is 5.21. The van der Waals surface area contributed by atoms with Crippen LogP contribution in [0.4, 0.5) is 0 Å². The van der Waals surface area contributed by atoms with Gasteiger partial charge in [0.15, 0.2) is 18.1 Å². The maximum Gasteiger partial charge on any atom is 0.343 e. The molecule has 2 rings (SSSR count). The molecule has 8 heteroatoms. The molecule has 1 aromatic rings. The molecule has 0 spiro atoms. The summed E-state index contributed by atoms with van der Waals surface area (Å²) in [6, 6.07) is 5.57. The minimum absolute atomic E-state index is 0.142. The quantitative estimate of drug-likeness (QED) is 0.434. The second-order valence-electron chi connectivity index (χ2n) is 5.25. The van der Waals surface area contributed by atoms with Gasteiger partial charge < -0.3 is 29.6 Å². The monoisotopic (exact) mass is 382 g/mol. The van der Waals surface area contributed by atoms with Crippen LogP contribution in [0.25, 0.3) is 0 Å². The first-order chi connectivity index (χ1) is 12.0. The predicted octanol–water partition coefficient (Wildman–Crippen LogP) is 1.21. The third-order valence-corrected chi connectivity index (χ3v) is 6.16. The van der Waals surface area contributed by atoms with E-state index in [1.165, 1.54) is 7.11 Å². The Morgan fingerprint density at radius 3 is 2.68 bits per heavy atom. The third-order valence-electron chi connectivity index (χ3n) is 3.61. The first-order valence-corrected chi connectivity index (χ1v) is 9.26. The number of para-hydroxylation sites is 1. The normalized spacial score (nSPS) is 16.8. The number of methoxy groups -OCH3 is 2. The van der Waals surface area contributed by atoms with Crippen molar-refractivity contribution in [3.8, 4) is 11.5 Å². The summed E-state index contributed by atoms with van der Waals surface area (Å²) in [6.45, 7) is 1.80. The number of hydrogen-bond acceptors (Lipinski definition) is 7. The molecule has 1 heterocycles. The molecule has 1 aliphatic rings. The van der Waals surface area contributed by atoms with E-state index in [1.807, 2.05) is 19.1 Å². The van der Waals surface area contributed by atoms with Gasteiger partial charge in [0, 0.05) is 0 Å². The van der Waals surface area contributed by atoms with Crippen molar-refractivity contribution in [1.82, 2.24) is 5.32 Å². The molecule has 1 aliphatic heterocycles. The molecule has 0 saturated carbocycles. The second kappa shape index (κ2) is 8.87. The fourth-order valence-electron chi connectivity index (χ4n) is 2.30. The highest BCUT2D eigenvalue weighted by molar-refractivity contribution is 8.19. The highest BCUT2D eigenvalue weighted by Crippen LogP contribution is 2.32. The van der Waals surface area contributed by atoms with Gasteiger partial charge in [-0.2, -0.15) is 4.86 Å². The van der Waals surface area contributed by atoms with Gasteiger partial charge in [0.2, 0.25) is 5.91 Å². The number of amides is 1. The van der Waals surface area contributed by atoms with Crippen LogP contribution in [-0.2, 0) is 30.8 Å². The average molecular weight is 382 g/mol. The number of benzene rings is 1. The first kappa shape index (κ1) is 19.3. The standard InChI is InChI=1S/C17H20NO5S2/c1-11(25-10-14(19)18-17(25)24)7-8-12-5-4-6-13(21-2)16(12)23-9-15(20)22-3/h4-6,10H,7-9H2,1-3H3,(H,18,19,24)/q-1. The highest BCUT2D eigenvalue weighted by Gasteiger charge is 2.12. The Kier molecular flexibility index (Phi) is 6.83. The Labute approximate surface area is 154 Å². The van der Waals surface area contributed by atoms with Crippen LogP contribution < -0.4 is 14.8 Å². The van der Waals surface area contributed by atoms with Crippen LogP contribution in [0.1, 0.15) is 18.9 Å². The smallest absolute Gasteiger partial charge is 0.343 e. The lowest BCUT2D eigenvalue weighted by molar-refractivity contribution is -0.142. The number of carbonyl (C=O) groups excluding carboxylic acids is 2. The maximum atomic E-state index is 11.4. The van der Waals surface area contributed by atoms with E-state index in [1.54, 1.807) is 18.5 Å². The van der Waals surface area contributed by atoms with Gasteiger partial charge in [0.1, 0.15) is 0 Å². The summed E-state index contributed by atoms with van der Waals surface area (Å²) in [4.78, 5) is 23.9. The van der Waals surface area contributed by atoms with Crippen molar-refractivity contribution in [2.75, 3.05) is 20.8 Å². The molecule has 1 N–H and O–H groups in total. The van der Waals surface area contributed by atoms with E-state index >= 15 is 0 Å². The van der Waals surface area contributed by atoms with Gasteiger partial charge in [-0.1, -0.05) is 37.7 Å². The largest absolute Gasteiger partial charge is 0.493 e. The van der Waals surface area contributed by atoms with Crippen molar-refractivity contribution in [2.24, 2.45) is 0 Å². The minimum Gasteiger partial charge on any atom is -0.493 e. The maximum absolute atomic E-state index is 11.4. The predicted molar refractivity (Wildman–Crippen MR) is 104 cm³/mol. The molecule has 0 unspecified atom stereocenters. The number of esters is 1. The fraction of sp³-hybridized carbons (Fsp3) is 0.353. The van der Waals surface area contributed by atoms with Crippen LogP contribution >= 0.6 is 12.2 Å². The van der Waals surface area contributed by atoms with Crippen molar-refractivity contribution in [1.29, 1.82) is 0 Å².